The van der Waals surface area contributed by atoms with E-state index in [2.05, 4.69) is 10.6 Å². The Hall–Kier alpha value is -2.91. The van der Waals surface area contributed by atoms with Crippen molar-refractivity contribution < 1.29 is 22.7 Å². The number of fused-ring (bicyclic) bond motifs is 1. The van der Waals surface area contributed by atoms with Crippen LogP contribution in [0.5, 0.6) is 5.75 Å². The average Bonchev–Trinajstić information content (AvgIpc) is 2.83. The molecule has 2 aliphatic rings. The molecule has 2 atom stereocenters. The number of nitrogens with one attached hydrogen (secondary N) is 2. The van der Waals surface area contributed by atoms with Crippen molar-refractivity contribution in [2.24, 2.45) is 5.92 Å². The van der Waals surface area contributed by atoms with Gasteiger partial charge >= 0.3 is 0 Å². The van der Waals surface area contributed by atoms with Gasteiger partial charge in [0.05, 0.1) is 16.5 Å². The quantitative estimate of drug-likeness (QED) is 0.649. The van der Waals surface area contributed by atoms with Crippen molar-refractivity contribution in [1.29, 1.82) is 0 Å². The highest BCUT2D eigenvalue weighted by molar-refractivity contribution is 7.89. The first-order valence-electron chi connectivity index (χ1n) is 11.8. The van der Waals surface area contributed by atoms with E-state index < -0.39 is 22.0 Å². The summed E-state index contributed by atoms with van der Waals surface area (Å²) in [5.41, 5.74) is 2.79. The molecule has 182 valence electrons. The third kappa shape index (κ3) is 4.67. The molecule has 2 amide bonds. The number of ether oxygens (including phenoxy) is 1. The molecule has 4 rings (SSSR count). The smallest absolute Gasteiger partial charge is 0.265 e. The number of rotatable bonds is 6. The summed E-state index contributed by atoms with van der Waals surface area (Å²) < 4.78 is 34.3. The number of para-hydroxylation sites is 1. The Labute approximate surface area is 200 Å². The van der Waals surface area contributed by atoms with E-state index in [1.807, 2.05) is 38.1 Å². The molecule has 0 radical (unpaired) electrons. The van der Waals surface area contributed by atoms with Crippen LogP contribution in [0.3, 0.4) is 0 Å². The molecule has 0 saturated carbocycles. The first kappa shape index (κ1) is 24.2. The Balaban J connectivity index is 1.55. The van der Waals surface area contributed by atoms with Crippen LogP contribution in [0, 0.1) is 12.8 Å². The van der Waals surface area contributed by atoms with Crippen LogP contribution in [0.25, 0.3) is 0 Å². The van der Waals surface area contributed by atoms with Gasteiger partial charge in [0.1, 0.15) is 5.75 Å². The second-order valence-electron chi connectivity index (χ2n) is 8.82. The Morgan fingerprint density at radius 2 is 2.00 bits per heavy atom. The second-order valence-corrected chi connectivity index (χ2v) is 10.7. The van der Waals surface area contributed by atoms with Crippen molar-refractivity contribution in [3.8, 4) is 5.75 Å². The Morgan fingerprint density at radius 3 is 2.74 bits per heavy atom. The van der Waals surface area contributed by atoms with E-state index in [-0.39, 0.29) is 23.3 Å². The molecule has 8 nitrogen and oxygen atoms in total. The van der Waals surface area contributed by atoms with Gasteiger partial charge in [0.15, 0.2) is 6.10 Å². The first-order chi connectivity index (χ1) is 16.2. The molecular formula is C25H31N3O5S. The number of aryl methyl sites for hydroxylation is 2. The number of piperidine rings is 1. The number of benzene rings is 2. The van der Waals surface area contributed by atoms with Gasteiger partial charge in [-0.2, -0.15) is 4.31 Å². The molecule has 9 heteroatoms. The molecule has 0 bridgehead atoms. The Morgan fingerprint density at radius 1 is 1.24 bits per heavy atom. The van der Waals surface area contributed by atoms with Gasteiger partial charge < -0.3 is 15.4 Å². The number of amides is 2. The number of carbonyl (C=O) groups excluding carboxylic acids is 2. The van der Waals surface area contributed by atoms with Gasteiger partial charge in [0.25, 0.3) is 5.91 Å². The van der Waals surface area contributed by atoms with Crippen LogP contribution in [0.1, 0.15) is 44.2 Å². The summed E-state index contributed by atoms with van der Waals surface area (Å²) in [4.78, 5) is 25.2. The van der Waals surface area contributed by atoms with Crippen molar-refractivity contribution >= 4 is 33.2 Å². The van der Waals surface area contributed by atoms with E-state index in [1.54, 1.807) is 13.0 Å². The molecule has 2 N–H and O–H groups in total. The van der Waals surface area contributed by atoms with Gasteiger partial charge in [-0.3, -0.25) is 9.59 Å². The summed E-state index contributed by atoms with van der Waals surface area (Å²) in [5.74, 6) is -0.496. The first-order valence-corrected chi connectivity index (χ1v) is 13.2. The number of sulfonamides is 1. The normalized spacial score (nSPS) is 20.7. The third-order valence-corrected chi connectivity index (χ3v) is 8.50. The maximum Gasteiger partial charge on any atom is 0.265 e. The van der Waals surface area contributed by atoms with E-state index in [1.165, 1.54) is 10.4 Å². The van der Waals surface area contributed by atoms with Gasteiger partial charge in [0, 0.05) is 24.8 Å². The topological polar surface area (TPSA) is 105 Å². The fourth-order valence-electron chi connectivity index (χ4n) is 4.53. The lowest BCUT2D eigenvalue weighted by molar-refractivity contribution is -0.123. The average molecular weight is 486 g/mol. The van der Waals surface area contributed by atoms with Crippen molar-refractivity contribution in [1.82, 2.24) is 4.31 Å². The molecule has 0 aliphatic carbocycles. The zero-order chi connectivity index (χ0) is 24.5. The maximum absolute atomic E-state index is 13.6. The summed E-state index contributed by atoms with van der Waals surface area (Å²) >= 11 is 0. The molecular weight excluding hydrogens is 454 g/mol. The largest absolute Gasteiger partial charge is 0.478 e. The van der Waals surface area contributed by atoms with Gasteiger partial charge in [0.2, 0.25) is 15.9 Å². The highest BCUT2D eigenvalue weighted by atomic mass is 32.2. The fourth-order valence-corrected chi connectivity index (χ4v) is 6.28. The minimum absolute atomic E-state index is 0.119. The maximum atomic E-state index is 13.6. The molecule has 34 heavy (non-hydrogen) atoms. The van der Waals surface area contributed by atoms with E-state index in [4.69, 9.17) is 4.74 Å². The van der Waals surface area contributed by atoms with Gasteiger partial charge in [-0.15, -0.1) is 0 Å². The van der Waals surface area contributed by atoms with Gasteiger partial charge in [-0.05, 0) is 55.9 Å². The molecule has 2 aromatic carbocycles. The Bertz CT molecular complexity index is 1210. The minimum Gasteiger partial charge on any atom is -0.478 e. The van der Waals surface area contributed by atoms with Crippen molar-refractivity contribution in [3.05, 3.63) is 47.5 Å². The predicted octanol–water partition coefficient (Wildman–Crippen LogP) is 3.71. The van der Waals surface area contributed by atoms with Crippen LogP contribution in [-0.4, -0.2) is 43.7 Å². The number of hydrogen-bond acceptors (Lipinski definition) is 5. The monoisotopic (exact) mass is 485 g/mol. The van der Waals surface area contributed by atoms with E-state index >= 15 is 0 Å². The standard InChI is InChI=1S/C25H31N3O5S/c1-4-17-9-6-7-11-19(17)26-24(29)18-10-8-12-28(15-18)34(31,32)23-14-22-20(13-16(23)3)27-25(30)21(5-2)33-22/h6-7,9,11,13-14,18,21H,4-5,8,10,12,15H2,1-3H3,(H,26,29)(H,27,30)/t18-,21+/m1/s1. The molecule has 2 aliphatic heterocycles. The molecule has 0 aromatic heterocycles. The molecule has 0 unspecified atom stereocenters. The van der Waals surface area contributed by atoms with Gasteiger partial charge in [-0.1, -0.05) is 32.0 Å². The van der Waals surface area contributed by atoms with E-state index in [0.29, 0.717) is 42.8 Å². The fraction of sp³-hybridized carbons (Fsp3) is 0.440. The van der Waals surface area contributed by atoms with Crippen LogP contribution in [0.4, 0.5) is 11.4 Å². The summed E-state index contributed by atoms with van der Waals surface area (Å²) in [6.07, 6.45) is 1.84. The zero-order valence-corrected chi connectivity index (χ0v) is 20.6. The van der Waals surface area contributed by atoms with Crippen molar-refractivity contribution in [2.75, 3.05) is 23.7 Å². The van der Waals surface area contributed by atoms with Gasteiger partial charge in [-0.25, -0.2) is 8.42 Å². The second kappa shape index (κ2) is 9.76. The number of anilines is 2. The molecule has 2 heterocycles. The highest BCUT2D eigenvalue weighted by Crippen LogP contribution is 2.36. The molecule has 1 fully saturated rings. The lowest BCUT2D eigenvalue weighted by Crippen LogP contribution is -2.44. The highest BCUT2D eigenvalue weighted by Gasteiger charge is 2.36. The molecule has 2 aromatic rings. The zero-order valence-electron chi connectivity index (χ0n) is 19.8. The summed E-state index contributed by atoms with van der Waals surface area (Å²) in [6.45, 7) is 6.02. The predicted molar refractivity (Wildman–Crippen MR) is 130 cm³/mol. The summed E-state index contributed by atoms with van der Waals surface area (Å²) in [7, 11) is -3.86. The van der Waals surface area contributed by atoms with Crippen LogP contribution >= 0.6 is 0 Å². The van der Waals surface area contributed by atoms with Crippen LogP contribution in [0.15, 0.2) is 41.3 Å². The van der Waals surface area contributed by atoms with Crippen LogP contribution in [-0.2, 0) is 26.0 Å². The minimum atomic E-state index is -3.86. The van der Waals surface area contributed by atoms with Crippen molar-refractivity contribution in [3.63, 3.8) is 0 Å². The SMILES string of the molecule is CCc1ccccc1NC(=O)[C@@H]1CCCN(S(=O)(=O)c2cc3c(cc2C)NC(=O)[C@H](CC)O3)C1. The number of carbonyl (C=O) groups is 2. The molecule has 1 saturated heterocycles. The summed E-state index contributed by atoms with van der Waals surface area (Å²) in [5, 5.41) is 5.78. The van der Waals surface area contributed by atoms with Crippen LogP contribution < -0.4 is 15.4 Å². The van der Waals surface area contributed by atoms with E-state index in [0.717, 1.165) is 17.7 Å². The molecule has 0 spiro atoms. The van der Waals surface area contributed by atoms with Crippen LogP contribution in [0.2, 0.25) is 0 Å². The van der Waals surface area contributed by atoms with Crippen molar-refractivity contribution in [2.45, 2.75) is 57.5 Å². The lowest BCUT2D eigenvalue weighted by Gasteiger charge is -2.32. The number of hydrogen-bond donors (Lipinski definition) is 2. The van der Waals surface area contributed by atoms with E-state index in [9.17, 15) is 18.0 Å². The lowest BCUT2D eigenvalue weighted by atomic mass is 9.98. The third-order valence-electron chi connectivity index (χ3n) is 6.50. The Kier molecular flexibility index (Phi) is 6.95. The summed E-state index contributed by atoms with van der Waals surface area (Å²) in [6, 6.07) is 10.8. The number of nitrogens with zero attached hydrogens (tertiary/aromatic N) is 1.